The molecule has 1 heterocycles. The second kappa shape index (κ2) is 3.95. The van der Waals surface area contributed by atoms with Crippen molar-refractivity contribution in [1.29, 1.82) is 0 Å². The van der Waals surface area contributed by atoms with Gasteiger partial charge in [-0.05, 0) is 19.4 Å². The maximum Gasteiger partial charge on any atom is 0.379 e. The number of ether oxygens (including phenoxy) is 1. The van der Waals surface area contributed by atoms with Crippen LogP contribution < -0.4 is 9.47 Å². The highest BCUT2D eigenvalue weighted by Crippen LogP contribution is 2.05. The summed E-state index contributed by atoms with van der Waals surface area (Å²) in [6.45, 7) is 3.95. The van der Waals surface area contributed by atoms with Gasteiger partial charge in [-0.3, -0.25) is 0 Å². The molecule has 12 heavy (non-hydrogen) atoms. The summed E-state index contributed by atoms with van der Waals surface area (Å²) in [5.74, 6) is 0.367. The van der Waals surface area contributed by atoms with Crippen LogP contribution in [0, 0.1) is 5.21 Å². The van der Waals surface area contributed by atoms with Crippen molar-refractivity contribution >= 4 is 0 Å². The minimum atomic E-state index is 0.0904. The van der Waals surface area contributed by atoms with E-state index in [1.165, 1.54) is 6.20 Å². The van der Waals surface area contributed by atoms with Gasteiger partial charge in [-0.15, -0.1) is 4.73 Å². The third-order valence-corrected chi connectivity index (χ3v) is 1.69. The van der Waals surface area contributed by atoms with E-state index in [1.54, 1.807) is 18.2 Å². The van der Waals surface area contributed by atoms with E-state index in [1.807, 2.05) is 13.8 Å². The molecule has 0 radical (unpaired) electrons. The lowest BCUT2D eigenvalue weighted by Crippen LogP contribution is -2.30. The standard InChI is InChI=1S/C9H13NO2/c1-3-8(2)12-9-6-4-5-7-10(9)11/h4-8H,3H2,1-2H3/t8-/m0/s1. The molecule has 3 heteroatoms. The molecule has 0 bridgehead atoms. The van der Waals surface area contributed by atoms with Crippen LogP contribution in [0.1, 0.15) is 20.3 Å². The molecule has 1 aromatic rings. The first-order valence-electron chi connectivity index (χ1n) is 4.09. The molecule has 0 aliphatic carbocycles. The van der Waals surface area contributed by atoms with Crippen LogP contribution in [0.4, 0.5) is 0 Å². The molecule has 0 unspecified atom stereocenters. The second-order valence-electron chi connectivity index (χ2n) is 2.70. The first kappa shape index (κ1) is 8.84. The van der Waals surface area contributed by atoms with Crippen LogP contribution in [0.2, 0.25) is 0 Å². The van der Waals surface area contributed by atoms with Crippen LogP contribution in [-0.2, 0) is 0 Å². The molecule has 1 atom stereocenters. The van der Waals surface area contributed by atoms with Gasteiger partial charge in [-0.1, -0.05) is 6.92 Å². The van der Waals surface area contributed by atoms with Crippen LogP contribution in [0.3, 0.4) is 0 Å². The summed E-state index contributed by atoms with van der Waals surface area (Å²) >= 11 is 0. The molecule has 0 saturated carbocycles. The maximum absolute atomic E-state index is 11.1. The summed E-state index contributed by atoms with van der Waals surface area (Å²) in [5, 5.41) is 11.1. The zero-order valence-electron chi connectivity index (χ0n) is 7.36. The summed E-state index contributed by atoms with van der Waals surface area (Å²) in [6, 6.07) is 5.13. The molecular weight excluding hydrogens is 154 g/mol. The molecule has 1 rings (SSSR count). The van der Waals surface area contributed by atoms with Crippen LogP contribution in [-0.4, -0.2) is 6.10 Å². The molecule has 0 saturated heterocycles. The van der Waals surface area contributed by atoms with Crippen molar-refractivity contribution in [2.24, 2.45) is 0 Å². The topological polar surface area (TPSA) is 36.2 Å². The number of hydrogen-bond acceptors (Lipinski definition) is 2. The van der Waals surface area contributed by atoms with Crippen LogP contribution >= 0.6 is 0 Å². The molecule has 0 N–H and O–H groups in total. The largest absolute Gasteiger partial charge is 0.616 e. The summed E-state index contributed by atoms with van der Waals surface area (Å²) < 4.78 is 6.07. The van der Waals surface area contributed by atoms with Gasteiger partial charge in [0, 0.05) is 6.07 Å². The van der Waals surface area contributed by atoms with E-state index in [4.69, 9.17) is 4.74 Å². The van der Waals surface area contributed by atoms with Gasteiger partial charge in [-0.25, -0.2) is 0 Å². The lowest BCUT2D eigenvalue weighted by Gasteiger charge is -2.10. The lowest BCUT2D eigenvalue weighted by atomic mass is 10.3. The minimum absolute atomic E-state index is 0.0904. The Bertz CT molecular complexity index is 250. The van der Waals surface area contributed by atoms with Crippen molar-refractivity contribution in [2.45, 2.75) is 26.4 Å². The molecule has 0 aliphatic heterocycles. The Morgan fingerprint density at radius 3 is 2.92 bits per heavy atom. The summed E-state index contributed by atoms with van der Waals surface area (Å²) in [4.78, 5) is 0. The highest BCUT2D eigenvalue weighted by molar-refractivity contribution is 5.03. The highest BCUT2D eigenvalue weighted by atomic mass is 16.6. The van der Waals surface area contributed by atoms with E-state index < -0.39 is 0 Å². The van der Waals surface area contributed by atoms with E-state index in [0.717, 1.165) is 11.2 Å². The van der Waals surface area contributed by atoms with Crippen LogP contribution in [0.15, 0.2) is 24.4 Å². The Labute approximate surface area is 72.2 Å². The van der Waals surface area contributed by atoms with Crippen molar-refractivity contribution in [3.05, 3.63) is 29.6 Å². The fourth-order valence-electron chi connectivity index (χ4n) is 0.793. The number of hydrogen-bond donors (Lipinski definition) is 0. The van der Waals surface area contributed by atoms with Gasteiger partial charge in [0.25, 0.3) is 0 Å². The predicted molar refractivity (Wildman–Crippen MR) is 45.8 cm³/mol. The number of pyridine rings is 1. The minimum Gasteiger partial charge on any atom is -0.616 e. The molecule has 1 aromatic heterocycles. The van der Waals surface area contributed by atoms with Gasteiger partial charge >= 0.3 is 5.88 Å². The maximum atomic E-state index is 11.1. The number of rotatable bonds is 3. The van der Waals surface area contributed by atoms with E-state index in [0.29, 0.717) is 5.88 Å². The van der Waals surface area contributed by atoms with Crippen LogP contribution in [0.25, 0.3) is 0 Å². The van der Waals surface area contributed by atoms with Crippen molar-refractivity contribution in [1.82, 2.24) is 0 Å². The van der Waals surface area contributed by atoms with Crippen molar-refractivity contribution < 1.29 is 9.47 Å². The van der Waals surface area contributed by atoms with Crippen molar-refractivity contribution in [3.8, 4) is 5.88 Å². The average molecular weight is 167 g/mol. The third-order valence-electron chi connectivity index (χ3n) is 1.69. The van der Waals surface area contributed by atoms with Crippen molar-refractivity contribution in [3.63, 3.8) is 0 Å². The molecule has 0 spiro atoms. The van der Waals surface area contributed by atoms with Crippen molar-refractivity contribution in [2.75, 3.05) is 0 Å². The Morgan fingerprint density at radius 1 is 1.58 bits per heavy atom. The second-order valence-corrected chi connectivity index (χ2v) is 2.70. The summed E-state index contributed by atoms with van der Waals surface area (Å²) in [6.07, 6.45) is 2.42. The monoisotopic (exact) mass is 167 g/mol. The van der Waals surface area contributed by atoms with Crippen LogP contribution in [0.5, 0.6) is 5.88 Å². The van der Waals surface area contributed by atoms with Gasteiger partial charge in [0.2, 0.25) is 0 Å². The smallest absolute Gasteiger partial charge is 0.379 e. The predicted octanol–water partition coefficient (Wildman–Crippen LogP) is 1.50. The zero-order valence-corrected chi connectivity index (χ0v) is 7.36. The Balaban J connectivity index is 2.69. The van der Waals surface area contributed by atoms with Gasteiger partial charge in [0.15, 0.2) is 6.20 Å². The molecule has 0 amide bonds. The molecule has 66 valence electrons. The number of nitrogens with zero attached hydrogens (tertiary/aromatic N) is 1. The fourth-order valence-corrected chi connectivity index (χ4v) is 0.793. The molecule has 0 aromatic carbocycles. The third kappa shape index (κ3) is 2.12. The van der Waals surface area contributed by atoms with Gasteiger partial charge < -0.3 is 9.94 Å². The van der Waals surface area contributed by atoms with E-state index in [-0.39, 0.29) is 6.10 Å². The lowest BCUT2D eigenvalue weighted by molar-refractivity contribution is -0.613. The Morgan fingerprint density at radius 2 is 2.33 bits per heavy atom. The molecular formula is C9H13NO2. The summed E-state index contributed by atoms with van der Waals surface area (Å²) in [7, 11) is 0. The fraction of sp³-hybridized carbons (Fsp3) is 0.444. The van der Waals surface area contributed by atoms with Gasteiger partial charge in [0.05, 0.1) is 6.07 Å². The van der Waals surface area contributed by atoms with E-state index in [2.05, 4.69) is 0 Å². The number of aromatic nitrogens is 1. The van der Waals surface area contributed by atoms with E-state index in [9.17, 15) is 5.21 Å². The SMILES string of the molecule is CC[C@H](C)Oc1cccc[n+]1[O-]. The average Bonchev–Trinajstić information content (AvgIpc) is 2.09. The highest BCUT2D eigenvalue weighted by Gasteiger charge is 2.07. The normalized spacial score (nSPS) is 12.5. The first-order valence-corrected chi connectivity index (χ1v) is 4.09. The molecule has 3 nitrogen and oxygen atoms in total. The molecule has 0 aliphatic rings. The van der Waals surface area contributed by atoms with Gasteiger partial charge in [-0.2, -0.15) is 0 Å². The first-order chi connectivity index (χ1) is 5.74. The zero-order chi connectivity index (χ0) is 8.97. The van der Waals surface area contributed by atoms with E-state index >= 15 is 0 Å². The van der Waals surface area contributed by atoms with Gasteiger partial charge in [0.1, 0.15) is 6.10 Å². The summed E-state index contributed by atoms with van der Waals surface area (Å²) in [5.41, 5.74) is 0. The quantitative estimate of drug-likeness (QED) is 0.505. The molecule has 0 fully saturated rings. The Kier molecular flexibility index (Phi) is 2.91. The Hall–Kier alpha value is -1.25.